The van der Waals surface area contributed by atoms with Crippen LogP contribution in [0, 0.1) is 5.92 Å². The lowest BCUT2D eigenvalue weighted by Crippen LogP contribution is -2.38. The summed E-state index contributed by atoms with van der Waals surface area (Å²) in [5.74, 6) is 0.887. The molecule has 4 rings (SSSR count). The lowest BCUT2D eigenvalue weighted by molar-refractivity contribution is -0.136. The Kier molecular flexibility index (Phi) is 3.94. The molecule has 0 radical (unpaired) electrons. The number of carbonyl (C=O) groups excluding carboxylic acids is 1. The number of nitrogens with zero attached hydrogens (tertiary/aromatic N) is 2. The first-order valence-corrected chi connectivity index (χ1v) is 8.82. The first-order chi connectivity index (χ1) is 11.7. The second kappa shape index (κ2) is 6.24. The van der Waals surface area contributed by atoms with Crippen LogP contribution in [-0.4, -0.2) is 29.4 Å². The third-order valence-corrected chi connectivity index (χ3v) is 5.34. The molecule has 0 saturated heterocycles. The summed E-state index contributed by atoms with van der Waals surface area (Å²) in [7, 11) is 1.84. The molecule has 122 valence electrons. The van der Waals surface area contributed by atoms with E-state index in [0.29, 0.717) is 13.2 Å². The quantitative estimate of drug-likeness (QED) is 0.734. The molecule has 1 unspecified atom stereocenters. The maximum atomic E-state index is 12.8. The Labute approximate surface area is 144 Å². The summed E-state index contributed by atoms with van der Waals surface area (Å²) >= 11 is 1.64. The third-order valence-electron chi connectivity index (χ3n) is 4.32. The number of carbonyl (C=O) groups is 1. The van der Waals surface area contributed by atoms with Crippen LogP contribution in [0.3, 0.4) is 0 Å². The Hall–Kier alpha value is -2.40. The highest BCUT2D eigenvalue weighted by Gasteiger charge is 2.28. The van der Waals surface area contributed by atoms with Gasteiger partial charge in [-0.15, -0.1) is 11.3 Å². The molecular weight excluding hydrogens is 320 g/mol. The van der Waals surface area contributed by atoms with Crippen molar-refractivity contribution in [3.05, 3.63) is 59.1 Å². The Balaban J connectivity index is 1.46. The van der Waals surface area contributed by atoms with E-state index in [-0.39, 0.29) is 11.8 Å². The second-order valence-corrected chi connectivity index (χ2v) is 7.20. The van der Waals surface area contributed by atoms with E-state index in [2.05, 4.69) is 11.1 Å². The van der Waals surface area contributed by atoms with E-state index < -0.39 is 0 Å². The normalized spacial score (nSPS) is 16.5. The van der Waals surface area contributed by atoms with Crippen LogP contribution < -0.4 is 4.74 Å². The number of thiazole rings is 1. The first-order valence-electron chi connectivity index (χ1n) is 8.01. The van der Waals surface area contributed by atoms with Crippen molar-refractivity contribution in [1.82, 2.24) is 9.88 Å². The molecule has 2 heterocycles. The summed E-state index contributed by atoms with van der Waals surface area (Å²) in [5, 5.41) is 0.962. The fraction of sp³-hybridized carbons (Fsp3) is 0.263. The van der Waals surface area contributed by atoms with Gasteiger partial charge in [-0.25, -0.2) is 4.98 Å². The molecule has 0 fully saturated rings. The summed E-state index contributed by atoms with van der Waals surface area (Å²) in [6, 6.07) is 16.0. The monoisotopic (exact) mass is 338 g/mol. The molecule has 2 aromatic carbocycles. The van der Waals surface area contributed by atoms with Crippen LogP contribution in [0.25, 0.3) is 10.2 Å². The van der Waals surface area contributed by atoms with Crippen molar-refractivity contribution in [3.63, 3.8) is 0 Å². The number of fused-ring (bicyclic) bond motifs is 2. The van der Waals surface area contributed by atoms with E-state index in [4.69, 9.17) is 4.74 Å². The highest BCUT2D eigenvalue weighted by molar-refractivity contribution is 7.18. The van der Waals surface area contributed by atoms with Crippen molar-refractivity contribution >= 4 is 27.5 Å². The van der Waals surface area contributed by atoms with E-state index in [0.717, 1.165) is 33.0 Å². The standard InChI is InChI=1S/C19H18N2O2S/c1-21(11-18-20-15-7-3-5-9-17(15)24-18)19(22)14-10-13-6-2-4-8-16(13)23-12-14/h2-9,14H,10-12H2,1H3. The zero-order chi connectivity index (χ0) is 16.5. The van der Waals surface area contributed by atoms with Gasteiger partial charge >= 0.3 is 0 Å². The number of amides is 1. The van der Waals surface area contributed by atoms with Crippen molar-refractivity contribution < 1.29 is 9.53 Å². The predicted molar refractivity (Wildman–Crippen MR) is 95.2 cm³/mol. The minimum absolute atomic E-state index is 0.115. The van der Waals surface area contributed by atoms with Crippen LogP contribution in [0.15, 0.2) is 48.5 Å². The fourth-order valence-electron chi connectivity index (χ4n) is 3.07. The van der Waals surface area contributed by atoms with Gasteiger partial charge in [0.2, 0.25) is 5.91 Å². The first kappa shape index (κ1) is 15.1. The van der Waals surface area contributed by atoms with Crippen LogP contribution in [0.5, 0.6) is 5.75 Å². The van der Waals surface area contributed by atoms with Gasteiger partial charge in [-0.3, -0.25) is 4.79 Å². The summed E-state index contributed by atoms with van der Waals surface area (Å²) < 4.78 is 6.90. The summed E-state index contributed by atoms with van der Waals surface area (Å²) in [5.41, 5.74) is 2.10. The number of benzene rings is 2. The van der Waals surface area contributed by atoms with E-state index in [9.17, 15) is 4.79 Å². The molecule has 1 aliphatic rings. The van der Waals surface area contributed by atoms with Crippen molar-refractivity contribution in [3.8, 4) is 5.75 Å². The third kappa shape index (κ3) is 2.87. The molecule has 0 N–H and O–H groups in total. The van der Waals surface area contributed by atoms with Crippen molar-refractivity contribution in [2.24, 2.45) is 5.92 Å². The summed E-state index contributed by atoms with van der Waals surface area (Å²) in [6.07, 6.45) is 0.735. The van der Waals surface area contributed by atoms with Gasteiger partial charge < -0.3 is 9.64 Å². The number of ether oxygens (including phenoxy) is 1. The number of aromatic nitrogens is 1. The zero-order valence-corrected chi connectivity index (χ0v) is 14.3. The lowest BCUT2D eigenvalue weighted by Gasteiger charge is -2.27. The van der Waals surface area contributed by atoms with Crippen LogP contribution in [0.4, 0.5) is 0 Å². The predicted octanol–water partition coefficient (Wildman–Crippen LogP) is 3.51. The molecule has 5 heteroatoms. The number of hydrogen-bond acceptors (Lipinski definition) is 4. The van der Waals surface area contributed by atoms with Crippen molar-refractivity contribution in [2.45, 2.75) is 13.0 Å². The zero-order valence-electron chi connectivity index (χ0n) is 13.4. The minimum atomic E-state index is -0.126. The largest absolute Gasteiger partial charge is 0.492 e. The lowest BCUT2D eigenvalue weighted by atomic mass is 9.95. The number of para-hydroxylation sites is 2. The summed E-state index contributed by atoms with van der Waals surface area (Å²) in [4.78, 5) is 19.1. The second-order valence-electron chi connectivity index (χ2n) is 6.09. The molecular formula is C19H18N2O2S. The van der Waals surface area contributed by atoms with Crippen LogP contribution >= 0.6 is 11.3 Å². The minimum Gasteiger partial charge on any atom is -0.492 e. The van der Waals surface area contributed by atoms with Crippen molar-refractivity contribution in [1.29, 1.82) is 0 Å². The van der Waals surface area contributed by atoms with Gasteiger partial charge in [0.1, 0.15) is 17.4 Å². The van der Waals surface area contributed by atoms with Gasteiger partial charge in [-0.1, -0.05) is 30.3 Å². The number of hydrogen-bond donors (Lipinski definition) is 0. The van der Waals surface area contributed by atoms with Gasteiger partial charge in [-0.05, 0) is 30.2 Å². The van der Waals surface area contributed by atoms with Crippen molar-refractivity contribution in [2.75, 3.05) is 13.7 Å². The molecule has 1 amide bonds. The molecule has 1 aromatic heterocycles. The molecule has 0 saturated carbocycles. The summed E-state index contributed by atoms with van der Waals surface area (Å²) in [6.45, 7) is 0.982. The van der Waals surface area contributed by atoms with E-state index in [1.54, 1.807) is 16.2 Å². The molecule has 0 aliphatic carbocycles. The molecule has 4 nitrogen and oxygen atoms in total. The number of rotatable bonds is 3. The highest BCUT2D eigenvalue weighted by atomic mass is 32.1. The van der Waals surface area contributed by atoms with Gasteiger partial charge in [0, 0.05) is 7.05 Å². The van der Waals surface area contributed by atoms with E-state index >= 15 is 0 Å². The molecule has 1 atom stereocenters. The maximum Gasteiger partial charge on any atom is 0.229 e. The van der Waals surface area contributed by atoms with E-state index in [1.807, 2.05) is 49.5 Å². The van der Waals surface area contributed by atoms with Crippen LogP contribution in [-0.2, 0) is 17.8 Å². The Morgan fingerprint density at radius 2 is 2.04 bits per heavy atom. The maximum absolute atomic E-state index is 12.8. The van der Waals surface area contributed by atoms with Gasteiger partial charge in [0.25, 0.3) is 0 Å². The molecule has 3 aromatic rings. The van der Waals surface area contributed by atoms with E-state index in [1.165, 1.54) is 0 Å². The van der Waals surface area contributed by atoms with Crippen LogP contribution in [0.1, 0.15) is 10.6 Å². The fourth-order valence-corrected chi connectivity index (χ4v) is 4.09. The Morgan fingerprint density at radius 3 is 2.92 bits per heavy atom. The highest BCUT2D eigenvalue weighted by Crippen LogP contribution is 2.28. The Morgan fingerprint density at radius 1 is 1.25 bits per heavy atom. The average molecular weight is 338 g/mol. The SMILES string of the molecule is CN(Cc1nc2ccccc2s1)C(=O)C1COc2ccccc2C1. The molecule has 24 heavy (non-hydrogen) atoms. The topological polar surface area (TPSA) is 42.4 Å². The van der Waals surface area contributed by atoms with Gasteiger partial charge in [0.15, 0.2) is 0 Å². The smallest absolute Gasteiger partial charge is 0.229 e. The van der Waals surface area contributed by atoms with Gasteiger partial charge in [0.05, 0.1) is 22.7 Å². The van der Waals surface area contributed by atoms with Gasteiger partial charge in [-0.2, -0.15) is 0 Å². The average Bonchev–Trinajstić information content (AvgIpc) is 3.02. The van der Waals surface area contributed by atoms with Crippen LogP contribution in [0.2, 0.25) is 0 Å². The Bertz CT molecular complexity index is 857. The molecule has 1 aliphatic heterocycles. The molecule has 0 bridgehead atoms. The molecule has 0 spiro atoms.